The number of rotatable bonds is 8. The van der Waals surface area contributed by atoms with E-state index in [0.29, 0.717) is 19.6 Å². The molecule has 19 heavy (non-hydrogen) atoms. The molecule has 110 valence electrons. The molecule has 5 heteroatoms. The minimum absolute atomic E-state index is 0.0341. The van der Waals surface area contributed by atoms with Crippen LogP contribution in [0.2, 0.25) is 0 Å². The summed E-state index contributed by atoms with van der Waals surface area (Å²) in [5.74, 6) is -1.83. The van der Waals surface area contributed by atoms with Crippen molar-refractivity contribution >= 4 is 11.9 Å². The molecule has 0 aromatic carbocycles. The van der Waals surface area contributed by atoms with Crippen molar-refractivity contribution in [2.45, 2.75) is 52.1 Å². The first-order chi connectivity index (χ1) is 9.19. The van der Waals surface area contributed by atoms with E-state index in [1.807, 2.05) is 6.92 Å². The summed E-state index contributed by atoms with van der Waals surface area (Å²) in [4.78, 5) is 23.8. The van der Waals surface area contributed by atoms with Crippen LogP contribution in [-0.4, -0.2) is 37.9 Å². The summed E-state index contributed by atoms with van der Waals surface area (Å²) in [6, 6.07) is 0. The van der Waals surface area contributed by atoms with Crippen molar-refractivity contribution in [3.63, 3.8) is 0 Å². The van der Waals surface area contributed by atoms with E-state index in [2.05, 4.69) is 0 Å². The standard InChI is InChI=1S/C14H24O5/c1-3-5-8-19-14(16)12(13(15)17-4-2)10-11-7-6-9-18-11/h11-12H,3-10H2,1-2H3. The smallest absolute Gasteiger partial charge is 0.320 e. The zero-order valence-electron chi connectivity index (χ0n) is 11.9. The van der Waals surface area contributed by atoms with Crippen molar-refractivity contribution in [1.29, 1.82) is 0 Å². The van der Waals surface area contributed by atoms with Crippen molar-refractivity contribution in [2.75, 3.05) is 19.8 Å². The van der Waals surface area contributed by atoms with Gasteiger partial charge in [0.1, 0.15) is 0 Å². The van der Waals surface area contributed by atoms with E-state index in [4.69, 9.17) is 14.2 Å². The predicted molar refractivity (Wildman–Crippen MR) is 69.6 cm³/mol. The zero-order valence-corrected chi connectivity index (χ0v) is 11.9. The molecule has 0 aliphatic carbocycles. The molecular weight excluding hydrogens is 248 g/mol. The van der Waals surface area contributed by atoms with Crippen molar-refractivity contribution in [3.05, 3.63) is 0 Å². The Labute approximate surface area is 114 Å². The lowest BCUT2D eigenvalue weighted by Gasteiger charge is -2.17. The topological polar surface area (TPSA) is 61.8 Å². The molecule has 0 bridgehead atoms. The Hall–Kier alpha value is -1.10. The second-order valence-electron chi connectivity index (χ2n) is 4.70. The summed E-state index contributed by atoms with van der Waals surface area (Å²) in [5, 5.41) is 0. The highest BCUT2D eigenvalue weighted by atomic mass is 16.6. The molecule has 1 aliphatic rings. The van der Waals surface area contributed by atoms with E-state index in [9.17, 15) is 9.59 Å². The number of hydrogen-bond acceptors (Lipinski definition) is 5. The van der Waals surface area contributed by atoms with Gasteiger partial charge in [0, 0.05) is 6.61 Å². The summed E-state index contributed by atoms with van der Waals surface area (Å²) >= 11 is 0. The fourth-order valence-corrected chi connectivity index (χ4v) is 2.04. The average molecular weight is 272 g/mol. The summed E-state index contributed by atoms with van der Waals surface area (Å²) in [6.07, 6.45) is 3.95. The van der Waals surface area contributed by atoms with Crippen molar-refractivity contribution in [1.82, 2.24) is 0 Å². The Morgan fingerprint density at radius 3 is 2.58 bits per heavy atom. The van der Waals surface area contributed by atoms with Crippen molar-refractivity contribution in [3.8, 4) is 0 Å². The largest absolute Gasteiger partial charge is 0.465 e. The monoisotopic (exact) mass is 272 g/mol. The van der Waals surface area contributed by atoms with Crippen LogP contribution in [0.25, 0.3) is 0 Å². The molecule has 5 nitrogen and oxygen atoms in total. The second-order valence-corrected chi connectivity index (χ2v) is 4.70. The number of carbonyl (C=O) groups excluding carboxylic acids is 2. The van der Waals surface area contributed by atoms with E-state index < -0.39 is 17.9 Å². The van der Waals surface area contributed by atoms with Gasteiger partial charge >= 0.3 is 11.9 Å². The van der Waals surface area contributed by atoms with E-state index in [1.165, 1.54) is 0 Å². The highest BCUT2D eigenvalue weighted by Gasteiger charge is 2.33. The Balaban J connectivity index is 2.51. The highest BCUT2D eigenvalue weighted by Crippen LogP contribution is 2.22. The Kier molecular flexibility index (Phi) is 7.48. The van der Waals surface area contributed by atoms with Crippen LogP contribution in [-0.2, 0) is 23.8 Å². The minimum Gasteiger partial charge on any atom is -0.465 e. The zero-order chi connectivity index (χ0) is 14.1. The van der Waals surface area contributed by atoms with Gasteiger partial charge in [0.2, 0.25) is 0 Å². The average Bonchev–Trinajstić information content (AvgIpc) is 2.89. The van der Waals surface area contributed by atoms with E-state index >= 15 is 0 Å². The van der Waals surface area contributed by atoms with Crippen LogP contribution < -0.4 is 0 Å². The van der Waals surface area contributed by atoms with Crippen molar-refractivity contribution < 1.29 is 23.8 Å². The molecule has 1 aliphatic heterocycles. The SMILES string of the molecule is CCCCOC(=O)C(CC1CCCO1)C(=O)OCC. The van der Waals surface area contributed by atoms with Crippen LogP contribution in [0.5, 0.6) is 0 Å². The van der Waals surface area contributed by atoms with Crippen LogP contribution in [0.15, 0.2) is 0 Å². The van der Waals surface area contributed by atoms with E-state index in [1.54, 1.807) is 6.92 Å². The maximum atomic E-state index is 11.9. The molecular formula is C14H24O5. The maximum absolute atomic E-state index is 11.9. The van der Waals surface area contributed by atoms with Crippen LogP contribution in [0.4, 0.5) is 0 Å². The Morgan fingerprint density at radius 1 is 1.26 bits per heavy atom. The number of unbranched alkanes of at least 4 members (excludes halogenated alkanes) is 1. The van der Waals surface area contributed by atoms with Crippen LogP contribution >= 0.6 is 0 Å². The fourth-order valence-electron chi connectivity index (χ4n) is 2.04. The van der Waals surface area contributed by atoms with Gasteiger partial charge in [-0.3, -0.25) is 9.59 Å². The number of carbonyl (C=O) groups is 2. The minimum atomic E-state index is -0.847. The number of ether oxygens (including phenoxy) is 3. The first-order valence-electron chi connectivity index (χ1n) is 7.13. The van der Waals surface area contributed by atoms with Crippen LogP contribution in [0.1, 0.15) is 46.0 Å². The molecule has 1 heterocycles. The summed E-state index contributed by atoms with van der Waals surface area (Å²) in [7, 11) is 0. The second kappa shape index (κ2) is 8.91. The predicted octanol–water partition coefficient (Wildman–Crippen LogP) is 2.08. The maximum Gasteiger partial charge on any atom is 0.320 e. The molecule has 0 radical (unpaired) electrons. The molecule has 0 spiro atoms. The van der Waals surface area contributed by atoms with Gasteiger partial charge in [0.25, 0.3) is 0 Å². The lowest BCUT2D eigenvalue weighted by atomic mass is 10.00. The molecule has 0 saturated carbocycles. The summed E-state index contributed by atoms with van der Waals surface area (Å²) < 4.78 is 15.5. The Bertz CT molecular complexity index is 284. The normalized spacial score (nSPS) is 20.0. The molecule has 0 amide bonds. The van der Waals surface area contributed by atoms with Gasteiger partial charge in [-0.15, -0.1) is 0 Å². The number of hydrogen-bond donors (Lipinski definition) is 0. The first kappa shape index (κ1) is 16.0. The summed E-state index contributed by atoms with van der Waals surface area (Å²) in [5.41, 5.74) is 0. The quantitative estimate of drug-likeness (QED) is 0.384. The van der Waals surface area contributed by atoms with Gasteiger partial charge in [0.05, 0.1) is 19.3 Å². The molecule has 2 unspecified atom stereocenters. The van der Waals surface area contributed by atoms with Gasteiger partial charge in [0.15, 0.2) is 5.92 Å². The summed E-state index contributed by atoms with van der Waals surface area (Å²) in [6.45, 7) is 5.07. The van der Waals surface area contributed by atoms with E-state index in [0.717, 1.165) is 25.7 Å². The van der Waals surface area contributed by atoms with Crippen LogP contribution in [0.3, 0.4) is 0 Å². The third-order valence-corrected chi connectivity index (χ3v) is 3.12. The van der Waals surface area contributed by atoms with E-state index in [-0.39, 0.29) is 12.7 Å². The molecule has 0 aromatic heterocycles. The first-order valence-corrected chi connectivity index (χ1v) is 7.13. The third kappa shape index (κ3) is 5.59. The fraction of sp³-hybridized carbons (Fsp3) is 0.857. The molecule has 2 atom stereocenters. The number of esters is 2. The lowest BCUT2D eigenvalue weighted by Crippen LogP contribution is -2.31. The lowest BCUT2D eigenvalue weighted by molar-refractivity contribution is -0.163. The molecule has 1 fully saturated rings. The van der Waals surface area contributed by atoms with Gasteiger partial charge in [-0.1, -0.05) is 13.3 Å². The molecule has 1 rings (SSSR count). The van der Waals surface area contributed by atoms with Gasteiger partial charge in [-0.05, 0) is 32.6 Å². The van der Waals surface area contributed by atoms with Crippen molar-refractivity contribution in [2.24, 2.45) is 5.92 Å². The highest BCUT2D eigenvalue weighted by molar-refractivity contribution is 5.94. The molecule has 0 aromatic rings. The Morgan fingerprint density at radius 2 is 2.00 bits per heavy atom. The van der Waals surface area contributed by atoms with Gasteiger partial charge in [-0.25, -0.2) is 0 Å². The third-order valence-electron chi connectivity index (χ3n) is 3.12. The van der Waals surface area contributed by atoms with Gasteiger partial charge in [-0.2, -0.15) is 0 Å². The molecule has 0 N–H and O–H groups in total. The van der Waals surface area contributed by atoms with Gasteiger partial charge < -0.3 is 14.2 Å². The molecule has 1 saturated heterocycles. The van der Waals surface area contributed by atoms with Crippen LogP contribution in [0, 0.1) is 5.92 Å².